The van der Waals surface area contributed by atoms with E-state index in [4.69, 9.17) is 27.7 Å². The lowest BCUT2D eigenvalue weighted by Crippen LogP contribution is -2.47. The third-order valence-electron chi connectivity index (χ3n) is 3.85. The number of anilines is 1. The van der Waals surface area contributed by atoms with Gasteiger partial charge in [0.2, 0.25) is 5.89 Å². The molecule has 1 atom stereocenters. The monoisotopic (exact) mass is 341 g/mol. The molecule has 0 aliphatic carbocycles. The first kappa shape index (κ1) is 15.5. The van der Waals surface area contributed by atoms with Crippen molar-refractivity contribution in [1.29, 1.82) is 0 Å². The summed E-state index contributed by atoms with van der Waals surface area (Å²) in [6, 6.07) is 1.83. The Morgan fingerprint density at radius 2 is 1.95 bits per heavy atom. The van der Waals surface area contributed by atoms with Crippen LogP contribution in [-0.4, -0.2) is 46.2 Å². The quantitative estimate of drug-likeness (QED) is 0.855. The van der Waals surface area contributed by atoms with Crippen LogP contribution in [0.1, 0.15) is 24.7 Å². The molecule has 0 radical (unpaired) electrons. The average molecular weight is 342 g/mol. The van der Waals surface area contributed by atoms with E-state index in [-0.39, 0.29) is 6.04 Å². The maximum atomic E-state index is 6.22. The van der Waals surface area contributed by atoms with Crippen LogP contribution in [0.5, 0.6) is 0 Å². The summed E-state index contributed by atoms with van der Waals surface area (Å²) >= 11 is 12.1. The lowest BCUT2D eigenvalue weighted by Gasteiger charge is -2.37. The molecular weight excluding hydrogens is 325 g/mol. The van der Waals surface area contributed by atoms with Gasteiger partial charge in [-0.05, 0) is 19.9 Å². The Balaban J connectivity index is 1.65. The second kappa shape index (κ2) is 6.40. The molecule has 22 heavy (non-hydrogen) atoms. The van der Waals surface area contributed by atoms with Crippen molar-refractivity contribution in [2.75, 3.05) is 31.1 Å². The SMILES string of the molecule is Cc1noc(C(C)N2CCN(c3ncc(Cl)cc3Cl)CC2)n1. The summed E-state index contributed by atoms with van der Waals surface area (Å²) in [5.74, 6) is 2.11. The Hall–Kier alpha value is -1.37. The number of aryl methyl sites for hydroxylation is 1. The fraction of sp³-hybridized carbons (Fsp3) is 0.500. The lowest BCUT2D eigenvalue weighted by atomic mass is 10.2. The third-order valence-corrected chi connectivity index (χ3v) is 4.34. The maximum Gasteiger partial charge on any atom is 0.243 e. The average Bonchev–Trinajstić information content (AvgIpc) is 2.93. The predicted octanol–water partition coefficient (Wildman–Crippen LogP) is 2.96. The molecule has 2 aromatic rings. The first-order chi connectivity index (χ1) is 10.5. The summed E-state index contributed by atoms with van der Waals surface area (Å²) in [5.41, 5.74) is 0. The van der Waals surface area contributed by atoms with Crippen LogP contribution in [0.15, 0.2) is 16.8 Å². The highest BCUT2D eigenvalue weighted by atomic mass is 35.5. The first-order valence-electron chi connectivity index (χ1n) is 7.15. The van der Waals surface area contributed by atoms with Crippen molar-refractivity contribution in [3.05, 3.63) is 34.0 Å². The van der Waals surface area contributed by atoms with Crippen molar-refractivity contribution in [2.45, 2.75) is 19.9 Å². The molecule has 0 N–H and O–H groups in total. The Kier molecular flexibility index (Phi) is 4.52. The minimum Gasteiger partial charge on any atom is -0.353 e. The van der Waals surface area contributed by atoms with Gasteiger partial charge in [0, 0.05) is 32.4 Å². The van der Waals surface area contributed by atoms with Crippen LogP contribution in [0, 0.1) is 6.92 Å². The topological polar surface area (TPSA) is 58.3 Å². The molecule has 0 aromatic carbocycles. The van der Waals surface area contributed by atoms with Crippen molar-refractivity contribution in [3.8, 4) is 0 Å². The van der Waals surface area contributed by atoms with Gasteiger partial charge in [-0.3, -0.25) is 4.90 Å². The van der Waals surface area contributed by atoms with Crippen molar-refractivity contribution in [2.24, 2.45) is 0 Å². The molecule has 118 valence electrons. The van der Waals surface area contributed by atoms with Crippen LogP contribution in [0.4, 0.5) is 5.82 Å². The standard InChI is InChI=1S/C14H17Cl2N5O/c1-9(14-18-10(2)19-22-14)20-3-5-21(6-4-20)13-12(16)7-11(15)8-17-13/h7-9H,3-6H2,1-2H3. The van der Waals surface area contributed by atoms with Gasteiger partial charge >= 0.3 is 0 Å². The van der Waals surface area contributed by atoms with E-state index in [0.717, 1.165) is 32.0 Å². The first-order valence-corrected chi connectivity index (χ1v) is 7.90. The van der Waals surface area contributed by atoms with E-state index in [2.05, 4.69) is 31.8 Å². The number of aromatic nitrogens is 3. The van der Waals surface area contributed by atoms with Gasteiger partial charge in [0.1, 0.15) is 5.82 Å². The zero-order valence-electron chi connectivity index (χ0n) is 12.5. The summed E-state index contributed by atoms with van der Waals surface area (Å²) in [5, 5.41) is 4.99. The van der Waals surface area contributed by atoms with Crippen molar-refractivity contribution in [1.82, 2.24) is 20.0 Å². The Morgan fingerprint density at radius 3 is 2.55 bits per heavy atom. The molecule has 6 nitrogen and oxygen atoms in total. The van der Waals surface area contributed by atoms with Crippen LogP contribution in [0.3, 0.4) is 0 Å². The number of pyridine rings is 1. The predicted molar refractivity (Wildman–Crippen MR) is 85.5 cm³/mol. The zero-order chi connectivity index (χ0) is 15.7. The molecule has 8 heteroatoms. The molecule has 1 aliphatic heterocycles. The number of nitrogens with zero attached hydrogens (tertiary/aromatic N) is 5. The fourth-order valence-corrected chi connectivity index (χ4v) is 3.10. The molecule has 1 fully saturated rings. The van der Waals surface area contributed by atoms with E-state index in [1.54, 1.807) is 12.3 Å². The van der Waals surface area contributed by atoms with Crippen molar-refractivity contribution < 1.29 is 4.52 Å². The van der Waals surface area contributed by atoms with Gasteiger partial charge in [0.15, 0.2) is 5.82 Å². The van der Waals surface area contributed by atoms with Crippen molar-refractivity contribution >= 4 is 29.0 Å². The molecule has 1 unspecified atom stereocenters. The van der Waals surface area contributed by atoms with E-state index in [1.807, 2.05) is 6.92 Å². The summed E-state index contributed by atoms with van der Waals surface area (Å²) in [4.78, 5) is 13.1. The largest absolute Gasteiger partial charge is 0.353 e. The smallest absolute Gasteiger partial charge is 0.243 e. The molecule has 0 amide bonds. The number of rotatable bonds is 3. The molecule has 1 saturated heterocycles. The Bertz CT molecular complexity index is 654. The summed E-state index contributed by atoms with van der Waals surface area (Å²) in [6.45, 7) is 7.34. The van der Waals surface area contributed by atoms with E-state index in [9.17, 15) is 0 Å². The number of halogens is 2. The van der Waals surface area contributed by atoms with Crippen LogP contribution >= 0.6 is 23.2 Å². The number of hydrogen-bond donors (Lipinski definition) is 0. The molecule has 1 aliphatic rings. The van der Waals surface area contributed by atoms with E-state index in [1.165, 1.54) is 0 Å². The molecule has 0 saturated carbocycles. The highest BCUT2D eigenvalue weighted by molar-refractivity contribution is 6.36. The minimum absolute atomic E-state index is 0.108. The third kappa shape index (κ3) is 3.19. The van der Waals surface area contributed by atoms with Crippen LogP contribution in [-0.2, 0) is 0 Å². The van der Waals surface area contributed by atoms with E-state index < -0.39 is 0 Å². The maximum absolute atomic E-state index is 6.22. The highest BCUT2D eigenvalue weighted by Crippen LogP contribution is 2.28. The second-order valence-electron chi connectivity index (χ2n) is 5.34. The molecule has 0 bridgehead atoms. The summed E-state index contributed by atoms with van der Waals surface area (Å²) in [7, 11) is 0. The van der Waals surface area contributed by atoms with Gasteiger partial charge < -0.3 is 9.42 Å². The van der Waals surface area contributed by atoms with E-state index in [0.29, 0.717) is 21.8 Å². The van der Waals surface area contributed by atoms with Gasteiger partial charge in [-0.25, -0.2) is 4.98 Å². The van der Waals surface area contributed by atoms with Gasteiger partial charge in [0.25, 0.3) is 0 Å². The van der Waals surface area contributed by atoms with Crippen LogP contribution in [0.25, 0.3) is 0 Å². The zero-order valence-corrected chi connectivity index (χ0v) is 14.0. The van der Waals surface area contributed by atoms with E-state index >= 15 is 0 Å². The normalized spacial score (nSPS) is 17.7. The number of piperazine rings is 1. The molecular formula is C14H17Cl2N5O. The second-order valence-corrected chi connectivity index (χ2v) is 6.18. The van der Waals surface area contributed by atoms with Crippen molar-refractivity contribution in [3.63, 3.8) is 0 Å². The number of hydrogen-bond acceptors (Lipinski definition) is 6. The van der Waals surface area contributed by atoms with Gasteiger partial charge in [-0.15, -0.1) is 0 Å². The van der Waals surface area contributed by atoms with Gasteiger partial charge in [-0.2, -0.15) is 4.98 Å². The fourth-order valence-electron chi connectivity index (χ4n) is 2.60. The van der Waals surface area contributed by atoms with Crippen LogP contribution < -0.4 is 4.90 Å². The molecule has 3 rings (SSSR count). The van der Waals surface area contributed by atoms with Gasteiger partial charge in [0.05, 0.1) is 16.1 Å². The highest BCUT2D eigenvalue weighted by Gasteiger charge is 2.26. The lowest BCUT2D eigenvalue weighted by molar-refractivity contribution is 0.164. The summed E-state index contributed by atoms with van der Waals surface area (Å²) < 4.78 is 5.26. The molecule has 0 spiro atoms. The summed E-state index contributed by atoms with van der Waals surface area (Å²) in [6.07, 6.45) is 1.62. The van der Waals surface area contributed by atoms with Crippen LogP contribution in [0.2, 0.25) is 10.0 Å². The van der Waals surface area contributed by atoms with Gasteiger partial charge in [-0.1, -0.05) is 28.4 Å². The minimum atomic E-state index is 0.108. The Labute approximate surface area is 139 Å². The Morgan fingerprint density at radius 1 is 1.23 bits per heavy atom. The molecule has 3 heterocycles. The molecule has 2 aromatic heterocycles.